The lowest BCUT2D eigenvalue weighted by atomic mass is 10.1. The molecule has 1 aliphatic heterocycles. The number of benzene rings is 1. The lowest BCUT2D eigenvalue weighted by Gasteiger charge is -2.28. The molecule has 0 spiro atoms. The molecular formula is C11H14ClNO2. The van der Waals surface area contributed by atoms with Crippen LogP contribution in [0.5, 0.6) is 5.75 Å². The molecule has 0 atom stereocenters. The van der Waals surface area contributed by atoms with Crippen LogP contribution in [0.3, 0.4) is 0 Å². The van der Waals surface area contributed by atoms with Crippen LogP contribution in [0.4, 0.5) is 0 Å². The van der Waals surface area contributed by atoms with Crippen molar-refractivity contribution < 1.29 is 9.53 Å². The average molecular weight is 228 g/mol. The predicted molar refractivity (Wildman–Crippen MR) is 61.0 cm³/mol. The largest absolute Gasteiger partial charge is 0.487 e. The summed E-state index contributed by atoms with van der Waals surface area (Å²) in [5.41, 5.74) is 0.666. The van der Waals surface area contributed by atoms with Gasteiger partial charge in [-0.15, -0.1) is 12.4 Å². The third-order valence-electron chi connectivity index (χ3n) is 2.30. The van der Waals surface area contributed by atoms with Crippen molar-refractivity contribution in [3.8, 4) is 5.75 Å². The van der Waals surface area contributed by atoms with E-state index in [1.807, 2.05) is 18.2 Å². The van der Waals surface area contributed by atoms with Gasteiger partial charge in [0.25, 0.3) is 0 Å². The van der Waals surface area contributed by atoms with E-state index < -0.39 is 0 Å². The van der Waals surface area contributed by atoms with Crippen molar-refractivity contribution in [2.75, 3.05) is 13.1 Å². The molecule has 1 aromatic carbocycles. The highest BCUT2D eigenvalue weighted by Gasteiger charge is 2.20. The second-order valence-electron chi connectivity index (χ2n) is 3.45. The fraction of sp³-hybridized carbons (Fsp3) is 0.364. The van der Waals surface area contributed by atoms with Crippen LogP contribution in [-0.2, 0) is 0 Å². The van der Waals surface area contributed by atoms with E-state index in [0.29, 0.717) is 11.3 Å². The topological polar surface area (TPSA) is 38.3 Å². The summed E-state index contributed by atoms with van der Waals surface area (Å²) in [4.78, 5) is 11.3. The molecular weight excluding hydrogens is 214 g/mol. The number of hydrogen-bond donors (Lipinski definition) is 1. The summed E-state index contributed by atoms with van der Waals surface area (Å²) in [6, 6.07) is 7.37. The van der Waals surface area contributed by atoms with Gasteiger partial charge in [0, 0.05) is 13.1 Å². The Morgan fingerprint density at radius 2 is 2.07 bits per heavy atom. The molecule has 0 unspecified atom stereocenters. The van der Waals surface area contributed by atoms with Gasteiger partial charge in [0.15, 0.2) is 5.78 Å². The molecule has 82 valence electrons. The van der Waals surface area contributed by atoms with Gasteiger partial charge in [-0.05, 0) is 19.1 Å². The highest BCUT2D eigenvalue weighted by molar-refractivity contribution is 5.96. The molecule has 1 heterocycles. The minimum Gasteiger partial charge on any atom is -0.487 e. The third-order valence-corrected chi connectivity index (χ3v) is 2.30. The van der Waals surface area contributed by atoms with Crippen LogP contribution in [0.2, 0.25) is 0 Å². The van der Waals surface area contributed by atoms with Gasteiger partial charge in [-0.25, -0.2) is 0 Å². The zero-order valence-electron chi connectivity index (χ0n) is 8.53. The monoisotopic (exact) mass is 227 g/mol. The average Bonchev–Trinajstić information content (AvgIpc) is 2.12. The fourth-order valence-electron chi connectivity index (χ4n) is 1.39. The van der Waals surface area contributed by atoms with Gasteiger partial charge in [-0.1, -0.05) is 12.1 Å². The number of ketones is 1. The Hall–Kier alpha value is -1.06. The Kier molecular flexibility index (Phi) is 4.12. The number of hydrogen-bond acceptors (Lipinski definition) is 3. The van der Waals surface area contributed by atoms with Crippen LogP contribution in [0.15, 0.2) is 24.3 Å². The maximum absolute atomic E-state index is 11.3. The Labute approximate surface area is 95.2 Å². The van der Waals surface area contributed by atoms with Crippen molar-refractivity contribution in [1.82, 2.24) is 5.32 Å². The molecule has 0 amide bonds. The van der Waals surface area contributed by atoms with Crippen LogP contribution in [0.25, 0.3) is 0 Å². The second-order valence-corrected chi connectivity index (χ2v) is 3.45. The first-order valence-corrected chi connectivity index (χ1v) is 4.74. The van der Waals surface area contributed by atoms with Crippen molar-refractivity contribution >= 4 is 18.2 Å². The van der Waals surface area contributed by atoms with Crippen molar-refractivity contribution in [2.24, 2.45) is 0 Å². The molecule has 4 heteroatoms. The molecule has 0 radical (unpaired) electrons. The summed E-state index contributed by atoms with van der Waals surface area (Å²) in [7, 11) is 0. The summed E-state index contributed by atoms with van der Waals surface area (Å²) >= 11 is 0. The Balaban J connectivity index is 0.00000112. The molecule has 1 saturated heterocycles. The van der Waals surface area contributed by atoms with E-state index in [4.69, 9.17) is 4.74 Å². The zero-order chi connectivity index (χ0) is 9.97. The van der Waals surface area contributed by atoms with Crippen LogP contribution < -0.4 is 10.1 Å². The van der Waals surface area contributed by atoms with Gasteiger partial charge in [0.05, 0.1) is 5.56 Å². The quantitative estimate of drug-likeness (QED) is 0.799. The van der Waals surface area contributed by atoms with Gasteiger partial charge in [-0.3, -0.25) is 4.79 Å². The Morgan fingerprint density at radius 1 is 1.40 bits per heavy atom. The highest BCUT2D eigenvalue weighted by atomic mass is 35.5. The minimum absolute atomic E-state index is 0. The summed E-state index contributed by atoms with van der Waals surface area (Å²) in [5.74, 6) is 0.749. The molecule has 0 aliphatic carbocycles. The van der Waals surface area contributed by atoms with E-state index in [1.165, 1.54) is 0 Å². The zero-order valence-corrected chi connectivity index (χ0v) is 9.34. The number of para-hydroxylation sites is 1. The second kappa shape index (κ2) is 5.14. The first-order valence-electron chi connectivity index (χ1n) is 4.74. The SMILES string of the molecule is CC(=O)c1ccccc1OC1CNC1.Cl. The van der Waals surface area contributed by atoms with E-state index in [1.54, 1.807) is 13.0 Å². The molecule has 2 rings (SSSR count). The van der Waals surface area contributed by atoms with Crippen LogP contribution in [0, 0.1) is 0 Å². The summed E-state index contributed by atoms with van der Waals surface area (Å²) in [6.07, 6.45) is 0.218. The van der Waals surface area contributed by atoms with E-state index in [-0.39, 0.29) is 24.3 Å². The lowest BCUT2D eigenvalue weighted by molar-refractivity contribution is 0.0997. The third kappa shape index (κ3) is 2.70. The number of halogens is 1. The van der Waals surface area contributed by atoms with Crippen molar-refractivity contribution in [1.29, 1.82) is 0 Å². The normalized spacial score (nSPS) is 15.0. The number of rotatable bonds is 3. The van der Waals surface area contributed by atoms with Gasteiger partial charge < -0.3 is 10.1 Å². The molecule has 1 aromatic rings. The summed E-state index contributed by atoms with van der Waals surface area (Å²) in [5, 5.41) is 3.12. The Bertz CT molecular complexity index is 350. The van der Waals surface area contributed by atoms with Crippen LogP contribution in [-0.4, -0.2) is 25.0 Å². The molecule has 0 bridgehead atoms. The number of carbonyl (C=O) groups is 1. The van der Waals surface area contributed by atoms with Gasteiger partial charge >= 0.3 is 0 Å². The van der Waals surface area contributed by atoms with E-state index in [9.17, 15) is 4.79 Å². The number of nitrogens with one attached hydrogen (secondary N) is 1. The minimum atomic E-state index is 0. The van der Waals surface area contributed by atoms with Crippen LogP contribution >= 0.6 is 12.4 Å². The summed E-state index contributed by atoms with van der Waals surface area (Å²) in [6.45, 7) is 3.29. The van der Waals surface area contributed by atoms with Crippen molar-refractivity contribution in [2.45, 2.75) is 13.0 Å². The maximum atomic E-state index is 11.3. The Morgan fingerprint density at radius 3 is 2.60 bits per heavy atom. The first-order chi connectivity index (χ1) is 6.77. The van der Waals surface area contributed by atoms with Gasteiger partial charge in [0.1, 0.15) is 11.9 Å². The molecule has 1 N–H and O–H groups in total. The summed E-state index contributed by atoms with van der Waals surface area (Å²) < 4.78 is 5.66. The first kappa shape index (κ1) is 12.0. The predicted octanol–water partition coefficient (Wildman–Crippen LogP) is 1.66. The molecule has 1 fully saturated rings. The van der Waals surface area contributed by atoms with Crippen molar-refractivity contribution in [3.63, 3.8) is 0 Å². The van der Waals surface area contributed by atoms with Gasteiger partial charge in [-0.2, -0.15) is 0 Å². The van der Waals surface area contributed by atoms with E-state index in [2.05, 4.69) is 5.32 Å². The molecule has 0 aromatic heterocycles. The van der Waals surface area contributed by atoms with Crippen molar-refractivity contribution in [3.05, 3.63) is 29.8 Å². The molecule has 15 heavy (non-hydrogen) atoms. The molecule has 0 saturated carbocycles. The number of Topliss-reactive ketones (excluding diaryl/α,β-unsaturated/α-hetero) is 1. The maximum Gasteiger partial charge on any atom is 0.163 e. The number of carbonyl (C=O) groups excluding carboxylic acids is 1. The van der Waals surface area contributed by atoms with Gasteiger partial charge in [0.2, 0.25) is 0 Å². The smallest absolute Gasteiger partial charge is 0.163 e. The highest BCUT2D eigenvalue weighted by Crippen LogP contribution is 2.20. The van der Waals surface area contributed by atoms with Crippen LogP contribution in [0.1, 0.15) is 17.3 Å². The lowest BCUT2D eigenvalue weighted by Crippen LogP contribution is -2.50. The number of ether oxygens (including phenoxy) is 1. The van der Waals surface area contributed by atoms with E-state index in [0.717, 1.165) is 13.1 Å². The standard InChI is InChI=1S/C11H13NO2.ClH/c1-8(13)10-4-2-3-5-11(10)14-9-6-12-7-9;/h2-5,9,12H,6-7H2,1H3;1H. The molecule has 3 nitrogen and oxygen atoms in total. The van der Waals surface area contributed by atoms with E-state index >= 15 is 0 Å². The fourth-order valence-corrected chi connectivity index (χ4v) is 1.39. The molecule has 1 aliphatic rings.